The van der Waals surface area contributed by atoms with Crippen LogP contribution in [0.15, 0.2) is 36.4 Å². The minimum atomic E-state index is -0.554. The number of hydrogen-bond donors (Lipinski definition) is 2. The quantitative estimate of drug-likeness (QED) is 0.475. The van der Waals surface area contributed by atoms with Gasteiger partial charge in [0.15, 0.2) is 11.5 Å². The standard InChI is InChI=1S/C24H36N2O5/c1-6-26(7-2)16-19(27)17-31-23-12-11-18(13-24(23)30-5)14-25-15-20-21(28-3)9-8-10-22(20)29-4/h8-13,19,25,27H,6-7,14-17H2,1-5H3/t19-/m0/s1. The summed E-state index contributed by atoms with van der Waals surface area (Å²) in [4.78, 5) is 2.16. The zero-order chi connectivity index (χ0) is 22.6. The van der Waals surface area contributed by atoms with Gasteiger partial charge in [-0.15, -0.1) is 0 Å². The van der Waals surface area contributed by atoms with Crippen LogP contribution in [0.3, 0.4) is 0 Å². The molecule has 2 aromatic carbocycles. The third-order valence-electron chi connectivity index (χ3n) is 5.18. The van der Waals surface area contributed by atoms with Gasteiger partial charge in [0.2, 0.25) is 0 Å². The molecule has 0 saturated heterocycles. The highest BCUT2D eigenvalue weighted by molar-refractivity contribution is 5.45. The highest BCUT2D eigenvalue weighted by atomic mass is 16.5. The minimum Gasteiger partial charge on any atom is -0.496 e. The predicted octanol–water partition coefficient (Wildman–Crippen LogP) is 3.08. The van der Waals surface area contributed by atoms with E-state index in [0.29, 0.717) is 31.1 Å². The topological polar surface area (TPSA) is 72.4 Å². The van der Waals surface area contributed by atoms with Gasteiger partial charge in [0.25, 0.3) is 0 Å². The highest BCUT2D eigenvalue weighted by Gasteiger charge is 2.13. The first-order valence-electron chi connectivity index (χ1n) is 10.7. The molecule has 2 N–H and O–H groups in total. The molecule has 0 aliphatic rings. The van der Waals surface area contributed by atoms with Crippen LogP contribution >= 0.6 is 0 Å². The predicted molar refractivity (Wildman–Crippen MR) is 122 cm³/mol. The Labute approximate surface area is 185 Å². The highest BCUT2D eigenvalue weighted by Crippen LogP contribution is 2.30. The fraction of sp³-hybridized carbons (Fsp3) is 0.500. The Morgan fingerprint density at radius 2 is 1.52 bits per heavy atom. The molecule has 0 aliphatic carbocycles. The largest absolute Gasteiger partial charge is 0.496 e. The number of nitrogens with one attached hydrogen (secondary N) is 1. The maximum atomic E-state index is 10.2. The van der Waals surface area contributed by atoms with Gasteiger partial charge >= 0.3 is 0 Å². The monoisotopic (exact) mass is 432 g/mol. The average Bonchev–Trinajstić information content (AvgIpc) is 2.81. The van der Waals surface area contributed by atoms with E-state index in [0.717, 1.165) is 35.7 Å². The van der Waals surface area contributed by atoms with Crippen LogP contribution in [0.2, 0.25) is 0 Å². The number of rotatable bonds is 14. The van der Waals surface area contributed by atoms with Gasteiger partial charge in [-0.25, -0.2) is 0 Å². The Morgan fingerprint density at radius 3 is 2.10 bits per heavy atom. The van der Waals surface area contributed by atoms with E-state index >= 15 is 0 Å². The van der Waals surface area contributed by atoms with E-state index in [-0.39, 0.29) is 6.61 Å². The third kappa shape index (κ3) is 7.31. The van der Waals surface area contributed by atoms with Crippen LogP contribution in [0.25, 0.3) is 0 Å². The number of hydrogen-bond acceptors (Lipinski definition) is 7. The number of aliphatic hydroxyl groups is 1. The van der Waals surface area contributed by atoms with E-state index < -0.39 is 6.10 Å². The Balaban J connectivity index is 1.95. The van der Waals surface area contributed by atoms with Crippen molar-refractivity contribution in [2.75, 3.05) is 47.6 Å². The van der Waals surface area contributed by atoms with Gasteiger partial charge in [0.05, 0.1) is 21.3 Å². The molecule has 0 saturated carbocycles. The molecule has 7 nitrogen and oxygen atoms in total. The number of ether oxygens (including phenoxy) is 4. The molecule has 0 amide bonds. The summed E-state index contributed by atoms with van der Waals surface area (Å²) < 4.78 is 22.2. The zero-order valence-corrected chi connectivity index (χ0v) is 19.3. The Hall–Kier alpha value is -2.48. The van der Waals surface area contributed by atoms with Gasteiger partial charge < -0.3 is 34.3 Å². The van der Waals surface area contributed by atoms with E-state index in [9.17, 15) is 5.11 Å². The molecular formula is C24H36N2O5. The Bertz CT molecular complexity index is 773. The normalized spacial score (nSPS) is 12.0. The van der Waals surface area contributed by atoms with Gasteiger partial charge in [0, 0.05) is 25.2 Å². The van der Waals surface area contributed by atoms with E-state index in [4.69, 9.17) is 18.9 Å². The molecule has 0 radical (unpaired) electrons. The molecule has 0 heterocycles. The molecule has 1 atom stereocenters. The van der Waals surface area contributed by atoms with Crippen molar-refractivity contribution >= 4 is 0 Å². The van der Waals surface area contributed by atoms with Crippen LogP contribution in [0.5, 0.6) is 23.0 Å². The Kier molecular flexibility index (Phi) is 10.4. The summed E-state index contributed by atoms with van der Waals surface area (Å²) in [5.74, 6) is 2.84. The third-order valence-corrected chi connectivity index (χ3v) is 5.18. The van der Waals surface area contributed by atoms with E-state index in [1.54, 1.807) is 21.3 Å². The smallest absolute Gasteiger partial charge is 0.161 e. The van der Waals surface area contributed by atoms with Gasteiger partial charge in [-0.1, -0.05) is 26.0 Å². The summed E-state index contributed by atoms with van der Waals surface area (Å²) in [5.41, 5.74) is 2.03. The first-order chi connectivity index (χ1) is 15.1. The van der Waals surface area contributed by atoms with Crippen molar-refractivity contribution in [3.8, 4) is 23.0 Å². The summed E-state index contributed by atoms with van der Waals surface area (Å²) in [6, 6.07) is 11.6. The molecule has 0 aromatic heterocycles. The van der Waals surface area contributed by atoms with Gasteiger partial charge in [-0.3, -0.25) is 0 Å². The zero-order valence-electron chi connectivity index (χ0n) is 19.3. The first kappa shape index (κ1) is 24.8. The summed E-state index contributed by atoms with van der Waals surface area (Å²) >= 11 is 0. The molecule has 0 unspecified atom stereocenters. The lowest BCUT2D eigenvalue weighted by atomic mass is 10.1. The second-order valence-electron chi connectivity index (χ2n) is 7.18. The van der Waals surface area contributed by atoms with Crippen LogP contribution in [0.1, 0.15) is 25.0 Å². The van der Waals surface area contributed by atoms with E-state index in [2.05, 4.69) is 24.1 Å². The van der Waals surface area contributed by atoms with Crippen molar-refractivity contribution < 1.29 is 24.1 Å². The van der Waals surface area contributed by atoms with Crippen molar-refractivity contribution in [1.29, 1.82) is 0 Å². The second kappa shape index (κ2) is 13.0. The number of benzene rings is 2. The molecule has 0 fully saturated rings. The fourth-order valence-electron chi connectivity index (χ4n) is 3.39. The maximum absolute atomic E-state index is 10.2. The maximum Gasteiger partial charge on any atom is 0.161 e. The Morgan fingerprint density at radius 1 is 0.871 bits per heavy atom. The molecule has 2 rings (SSSR count). The lowest BCUT2D eigenvalue weighted by Crippen LogP contribution is -2.35. The van der Waals surface area contributed by atoms with Crippen LogP contribution in [-0.2, 0) is 13.1 Å². The van der Waals surface area contributed by atoms with Crippen LogP contribution in [0, 0.1) is 0 Å². The molecule has 0 bridgehead atoms. The first-order valence-corrected chi connectivity index (χ1v) is 10.7. The van der Waals surface area contributed by atoms with Gasteiger partial charge in [0.1, 0.15) is 24.2 Å². The number of methoxy groups -OCH3 is 3. The average molecular weight is 433 g/mol. The molecule has 31 heavy (non-hydrogen) atoms. The number of aliphatic hydroxyl groups excluding tert-OH is 1. The molecule has 2 aromatic rings. The fourth-order valence-corrected chi connectivity index (χ4v) is 3.39. The summed E-state index contributed by atoms with van der Waals surface area (Å²) in [7, 11) is 4.92. The van der Waals surface area contributed by atoms with E-state index in [1.807, 2.05) is 36.4 Å². The summed E-state index contributed by atoms with van der Waals surface area (Å²) in [6.07, 6.45) is -0.554. The summed E-state index contributed by atoms with van der Waals surface area (Å²) in [6.45, 7) is 8.02. The number of likely N-dealkylation sites (N-methyl/N-ethyl adjacent to an activating group) is 1. The van der Waals surface area contributed by atoms with Crippen LogP contribution in [-0.4, -0.2) is 63.7 Å². The van der Waals surface area contributed by atoms with Crippen molar-refractivity contribution in [3.63, 3.8) is 0 Å². The van der Waals surface area contributed by atoms with Crippen LogP contribution < -0.4 is 24.3 Å². The lowest BCUT2D eigenvalue weighted by Gasteiger charge is -2.22. The summed E-state index contributed by atoms with van der Waals surface area (Å²) in [5, 5.41) is 13.7. The van der Waals surface area contributed by atoms with Crippen molar-refractivity contribution in [2.24, 2.45) is 0 Å². The minimum absolute atomic E-state index is 0.220. The molecule has 0 aliphatic heterocycles. The lowest BCUT2D eigenvalue weighted by molar-refractivity contribution is 0.0705. The van der Waals surface area contributed by atoms with Crippen molar-refractivity contribution in [2.45, 2.75) is 33.0 Å². The molecule has 7 heteroatoms. The van der Waals surface area contributed by atoms with Gasteiger partial charge in [-0.2, -0.15) is 0 Å². The molecule has 0 spiro atoms. The number of nitrogens with zero attached hydrogens (tertiary/aromatic N) is 1. The van der Waals surface area contributed by atoms with E-state index in [1.165, 1.54) is 0 Å². The molecular weight excluding hydrogens is 396 g/mol. The molecule has 172 valence electrons. The van der Waals surface area contributed by atoms with Crippen molar-refractivity contribution in [3.05, 3.63) is 47.5 Å². The van der Waals surface area contributed by atoms with Crippen LogP contribution in [0.4, 0.5) is 0 Å². The second-order valence-corrected chi connectivity index (χ2v) is 7.18. The van der Waals surface area contributed by atoms with Crippen molar-refractivity contribution in [1.82, 2.24) is 10.2 Å². The van der Waals surface area contributed by atoms with Gasteiger partial charge in [-0.05, 0) is 42.9 Å². The SMILES string of the molecule is CCN(CC)C[C@H](O)COc1ccc(CNCc2c(OC)cccc2OC)cc1OC.